The first-order valence-corrected chi connectivity index (χ1v) is 7.06. The number of halogens is 1. The zero-order chi connectivity index (χ0) is 13.4. The molecule has 3 rings (SSSR count). The molecule has 1 N–H and O–H groups in total. The van der Waals surface area contributed by atoms with Gasteiger partial charge in [-0.05, 0) is 37.5 Å². The first kappa shape index (κ1) is 12.4. The summed E-state index contributed by atoms with van der Waals surface area (Å²) in [7, 11) is 1.87. The molecule has 0 saturated carbocycles. The van der Waals surface area contributed by atoms with Crippen LogP contribution in [0.25, 0.3) is 0 Å². The standard InChI is InChI=1S/C14H14BrN3O/c1-18-13(11-6-3-7-12(11)17-18)16-14(19)9-4-2-5-10(15)8-9/h2,4-5,8H,3,6-7H2,1H3,(H,16,19). The van der Waals surface area contributed by atoms with E-state index in [4.69, 9.17) is 0 Å². The van der Waals surface area contributed by atoms with Crippen molar-refractivity contribution in [1.29, 1.82) is 0 Å². The second-order valence-corrected chi connectivity index (χ2v) is 5.63. The molecule has 1 heterocycles. The van der Waals surface area contributed by atoms with Crippen LogP contribution in [-0.2, 0) is 19.9 Å². The Labute approximate surface area is 119 Å². The summed E-state index contributed by atoms with van der Waals surface area (Å²) in [5.74, 6) is 0.733. The Balaban J connectivity index is 1.88. The molecule has 1 amide bonds. The van der Waals surface area contributed by atoms with Crippen LogP contribution in [0.5, 0.6) is 0 Å². The smallest absolute Gasteiger partial charge is 0.256 e. The van der Waals surface area contributed by atoms with Crippen molar-refractivity contribution in [3.05, 3.63) is 45.6 Å². The van der Waals surface area contributed by atoms with Gasteiger partial charge in [0.05, 0.1) is 5.69 Å². The van der Waals surface area contributed by atoms with Crippen LogP contribution < -0.4 is 5.32 Å². The van der Waals surface area contributed by atoms with Gasteiger partial charge in [0.15, 0.2) is 0 Å². The number of benzene rings is 1. The molecular weight excluding hydrogens is 306 g/mol. The lowest BCUT2D eigenvalue weighted by atomic mass is 10.2. The molecular formula is C14H14BrN3O. The molecule has 19 heavy (non-hydrogen) atoms. The number of amides is 1. The van der Waals surface area contributed by atoms with E-state index >= 15 is 0 Å². The molecule has 2 aromatic rings. The van der Waals surface area contributed by atoms with Gasteiger partial charge in [0, 0.05) is 22.6 Å². The molecule has 98 valence electrons. The maximum atomic E-state index is 12.2. The summed E-state index contributed by atoms with van der Waals surface area (Å²) in [5, 5.41) is 7.42. The summed E-state index contributed by atoms with van der Waals surface area (Å²) in [6.45, 7) is 0. The van der Waals surface area contributed by atoms with E-state index in [1.54, 1.807) is 10.7 Å². The van der Waals surface area contributed by atoms with E-state index in [1.807, 2.05) is 25.2 Å². The Morgan fingerprint density at radius 1 is 1.42 bits per heavy atom. The maximum absolute atomic E-state index is 12.2. The van der Waals surface area contributed by atoms with Crippen molar-refractivity contribution in [3.8, 4) is 0 Å². The Kier molecular flexibility index (Phi) is 3.14. The number of hydrogen-bond donors (Lipinski definition) is 1. The third-order valence-electron chi connectivity index (χ3n) is 3.39. The number of fused-ring (bicyclic) bond motifs is 1. The molecule has 0 spiro atoms. The van der Waals surface area contributed by atoms with Gasteiger partial charge in [-0.15, -0.1) is 0 Å². The number of hydrogen-bond acceptors (Lipinski definition) is 2. The summed E-state index contributed by atoms with van der Waals surface area (Å²) in [5.41, 5.74) is 2.94. The highest BCUT2D eigenvalue weighted by Gasteiger charge is 2.22. The lowest BCUT2D eigenvalue weighted by molar-refractivity contribution is 0.102. The van der Waals surface area contributed by atoms with E-state index in [-0.39, 0.29) is 5.91 Å². The average molecular weight is 320 g/mol. The van der Waals surface area contributed by atoms with Gasteiger partial charge in [-0.25, -0.2) is 0 Å². The Bertz CT molecular complexity index is 648. The Morgan fingerprint density at radius 2 is 2.26 bits per heavy atom. The predicted molar refractivity (Wildman–Crippen MR) is 77.3 cm³/mol. The fourth-order valence-corrected chi connectivity index (χ4v) is 2.88. The molecule has 1 aromatic carbocycles. The van der Waals surface area contributed by atoms with Crippen LogP contribution >= 0.6 is 15.9 Å². The van der Waals surface area contributed by atoms with E-state index in [0.29, 0.717) is 5.56 Å². The van der Waals surface area contributed by atoms with Crippen LogP contribution in [0.2, 0.25) is 0 Å². The van der Waals surface area contributed by atoms with Gasteiger partial charge in [0.1, 0.15) is 5.82 Å². The van der Waals surface area contributed by atoms with Crippen molar-refractivity contribution in [2.45, 2.75) is 19.3 Å². The van der Waals surface area contributed by atoms with Gasteiger partial charge >= 0.3 is 0 Å². The molecule has 1 aliphatic rings. The molecule has 0 unspecified atom stereocenters. The van der Waals surface area contributed by atoms with Crippen molar-refractivity contribution in [2.75, 3.05) is 5.32 Å². The minimum absolute atomic E-state index is 0.0981. The minimum Gasteiger partial charge on any atom is -0.307 e. The molecule has 0 atom stereocenters. The highest BCUT2D eigenvalue weighted by atomic mass is 79.9. The molecule has 4 nitrogen and oxygen atoms in total. The fraction of sp³-hybridized carbons (Fsp3) is 0.286. The summed E-state index contributed by atoms with van der Waals surface area (Å²) in [6, 6.07) is 7.37. The quantitative estimate of drug-likeness (QED) is 0.925. The van der Waals surface area contributed by atoms with Crippen LogP contribution in [0, 0.1) is 0 Å². The largest absolute Gasteiger partial charge is 0.307 e. The van der Waals surface area contributed by atoms with Gasteiger partial charge < -0.3 is 5.32 Å². The van der Waals surface area contributed by atoms with Crippen LogP contribution in [0.1, 0.15) is 28.0 Å². The highest BCUT2D eigenvalue weighted by Crippen LogP contribution is 2.28. The monoisotopic (exact) mass is 319 g/mol. The number of nitrogens with zero attached hydrogens (tertiary/aromatic N) is 2. The maximum Gasteiger partial charge on any atom is 0.256 e. The Hall–Kier alpha value is -1.62. The van der Waals surface area contributed by atoms with Gasteiger partial charge in [-0.2, -0.15) is 5.10 Å². The summed E-state index contributed by atoms with van der Waals surface area (Å²) < 4.78 is 2.66. The zero-order valence-corrected chi connectivity index (χ0v) is 12.2. The van der Waals surface area contributed by atoms with Crippen LogP contribution in [-0.4, -0.2) is 15.7 Å². The summed E-state index contributed by atoms with van der Waals surface area (Å²) in [4.78, 5) is 12.2. The number of anilines is 1. The second kappa shape index (κ2) is 4.81. The molecule has 0 fully saturated rings. The zero-order valence-electron chi connectivity index (χ0n) is 10.6. The SMILES string of the molecule is Cn1nc2c(c1NC(=O)c1cccc(Br)c1)CCC2. The number of rotatable bonds is 2. The van der Waals surface area contributed by atoms with Crippen molar-refractivity contribution in [2.24, 2.45) is 7.05 Å². The molecule has 0 radical (unpaired) electrons. The van der Waals surface area contributed by atoms with Gasteiger partial charge in [0.25, 0.3) is 5.91 Å². The number of nitrogens with one attached hydrogen (secondary N) is 1. The molecule has 0 aliphatic heterocycles. The van der Waals surface area contributed by atoms with Gasteiger partial charge in [-0.3, -0.25) is 9.48 Å². The van der Waals surface area contributed by atoms with E-state index in [9.17, 15) is 4.79 Å². The molecule has 1 aromatic heterocycles. The molecule has 0 saturated heterocycles. The first-order chi connectivity index (χ1) is 9.15. The number of aryl methyl sites for hydroxylation is 2. The van der Waals surface area contributed by atoms with E-state index in [2.05, 4.69) is 26.3 Å². The van der Waals surface area contributed by atoms with Crippen molar-refractivity contribution in [1.82, 2.24) is 9.78 Å². The highest BCUT2D eigenvalue weighted by molar-refractivity contribution is 9.10. The van der Waals surface area contributed by atoms with Gasteiger partial charge in [-0.1, -0.05) is 22.0 Å². The lowest BCUT2D eigenvalue weighted by Gasteiger charge is -2.07. The van der Waals surface area contributed by atoms with Crippen LogP contribution in [0.15, 0.2) is 28.7 Å². The van der Waals surface area contributed by atoms with Crippen LogP contribution in [0.3, 0.4) is 0 Å². The van der Waals surface area contributed by atoms with E-state index in [0.717, 1.165) is 35.2 Å². The normalized spacial score (nSPS) is 13.4. The number of aromatic nitrogens is 2. The number of carbonyl (C=O) groups excluding carboxylic acids is 1. The topological polar surface area (TPSA) is 46.9 Å². The fourth-order valence-electron chi connectivity index (χ4n) is 2.49. The molecule has 0 bridgehead atoms. The minimum atomic E-state index is -0.0981. The first-order valence-electron chi connectivity index (χ1n) is 6.27. The Morgan fingerprint density at radius 3 is 3.05 bits per heavy atom. The van der Waals surface area contributed by atoms with E-state index < -0.39 is 0 Å². The molecule has 5 heteroatoms. The predicted octanol–water partition coefficient (Wildman–Crippen LogP) is 2.92. The summed E-state index contributed by atoms with van der Waals surface area (Å²) >= 11 is 3.38. The second-order valence-electron chi connectivity index (χ2n) is 4.72. The van der Waals surface area contributed by atoms with Crippen LogP contribution in [0.4, 0.5) is 5.82 Å². The average Bonchev–Trinajstić information content (AvgIpc) is 2.93. The lowest BCUT2D eigenvalue weighted by Crippen LogP contribution is -2.15. The molecule has 1 aliphatic carbocycles. The summed E-state index contributed by atoms with van der Waals surface area (Å²) in [6.07, 6.45) is 3.13. The van der Waals surface area contributed by atoms with Crippen molar-refractivity contribution < 1.29 is 4.79 Å². The number of carbonyl (C=O) groups is 1. The van der Waals surface area contributed by atoms with E-state index in [1.165, 1.54) is 5.56 Å². The van der Waals surface area contributed by atoms with Gasteiger partial charge in [0.2, 0.25) is 0 Å². The van der Waals surface area contributed by atoms with Crippen molar-refractivity contribution in [3.63, 3.8) is 0 Å². The third-order valence-corrected chi connectivity index (χ3v) is 3.88. The van der Waals surface area contributed by atoms with Crippen molar-refractivity contribution >= 4 is 27.7 Å². The third kappa shape index (κ3) is 2.30.